The molecule has 1 atom stereocenters. The van der Waals surface area contributed by atoms with Gasteiger partial charge in [-0.2, -0.15) is 10.4 Å². The third-order valence-corrected chi connectivity index (χ3v) is 6.32. The van der Waals surface area contributed by atoms with Gasteiger partial charge in [-0.25, -0.2) is 0 Å². The zero-order valence-electron chi connectivity index (χ0n) is 18.9. The van der Waals surface area contributed by atoms with Gasteiger partial charge >= 0.3 is 0 Å². The summed E-state index contributed by atoms with van der Waals surface area (Å²) in [6.45, 7) is 2.49. The summed E-state index contributed by atoms with van der Waals surface area (Å²) in [5.41, 5.74) is 11.1. The predicted molar refractivity (Wildman–Crippen MR) is 130 cm³/mol. The summed E-state index contributed by atoms with van der Waals surface area (Å²) in [6, 6.07) is 21.6. The van der Waals surface area contributed by atoms with Crippen LogP contribution in [0.4, 0.5) is 5.82 Å². The molecule has 0 radical (unpaired) electrons. The van der Waals surface area contributed by atoms with Crippen molar-refractivity contribution in [2.24, 2.45) is 5.73 Å². The molecular weight excluding hydrogens is 426 g/mol. The molecule has 2 aromatic carbocycles. The Hall–Kier alpha value is -4.31. The number of carbonyl (C=O) groups excluding carboxylic acids is 1. The quantitative estimate of drug-likeness (QED) is 0.578. The van der Waals surface area contributed by atoms with Crippen LogP contribution in [0.1, 0.15) is 37.7 Å². The van der Waals surface area contributed by atoms with Crippen molar-refractivity contribution in [2.45, 2.75) is 32.1 Å². The highest BCUT2D eigenvalue weighted by atomic mass is 16.5. The first-order valence-electron chi connectivity index (χ1n) is 11.4. The number of nitrogens with zero attached hydrogens (tertiary/aromatic N) is 3. The van der Waals surface area contributed by atoms with Crippen LogP contribution in [0, 0.1) is 11.3 Å². The van der Waals surface area contributed by atoms with E-state index in [0.29, 0.717) is 42.2 Å². The van der Waals surface area contributed by atoms with Gasteiger partial charge in [0.2, 0.25) is 0 Å². The van der Waals surface area contributed by atoms with Gasteiger partial charge in [-0.05, 0) is 43.0 Å². The Morgan fingerprint density at radius 3 is 2.65 bits per heavy atom. The molecule has 1 aliphatic carbocycles. The molecule has 7 heteroatoms. The third-order valence-electron chi connectivity index (χ3n) is 6.32. The Bertz CT molecular complexity index is 1330. The van der Waals surface area contributed by atoms with Gasteiger partial charge in [-0.15, -0.1) is 0 Å². The van der Waals surface area contributed by atoms with Crippen LogP contribution in [0.25, 0.3) is 11.3 Å². The Kier molecular flexibility index (Phi) is 5.64. The van der Waals surface area contributed by atoms with Crippen molar-refractivity contribution in [3.05, 3.63) is 88.9 Å². The monoisotopic (exact) mass is 451 g/mol. The number of H-pyrrole nitrogens is 1. The summed E-state index contributed by atoms with van der Waals surface area (Å²) in [7, 11) is 0. The fourth-order valence-electron chi connectivity index (χ4n) is 4.80. The zero-order chi connectivity index (χ0) is 23.7. The van der Waals surface area contributed by atoms with E-state index in [2.05, 4.69) is 16.3 Å². The molecule has 0 bridgehead atoms. The maximum Gasteiger partial charge on any atom is 0.161 e. The first-order chi connectivity index (χ1) is 16.6. The van der Waals surface area contributed by atoms with Crippen LogP contribution in [0.15, 0.2) is 83.3 Å². The minimum absolute atomic E-state index is 0.0456. The van der Waals surface area contributed by atoms with Crippen LogP contribution in [-0.4, -0.2) is 22.6 Å². The number of nitrogens with two attached hydrogens (primary N) is 1. The lowest BCUT2D eigenvalue weighted by molar-refractivity contribution is -0.116. The molecule has 34 heavy (non-hydrogen) atoms. The molecule has 5 rings (SSSR count). The van der Waals surface area contributed by atoms with E-state index in [9.17, 15) is 10.1 Å². The average Bonchev–Trinajstić information content (AvgIpc) is 3.34. The molecule has 1 unspecified atom stereocenters. The van der Waals surface area contributed by atoms with Crippen LogP contribution in [0.5, 0.6) is 5.75 Å². The minimum atomic E-state index is -0.507. The fourth-order valence-corrected chi connectivity index (χ4v) is 4.80. The Morgan fingerprint density at radius 1 is 1.18 bits per heavy atom. The molecule has 0 amide bonds. The van der Waals surface area contributed by atoms with Crippen LogP contribution in [0.2, 0.25) is 0 Å². The van der Waals surface area contributed by atoms with Gasteiger partial charge in [0, 0.05) is 23.8 Å². The molecular formula is C27H25N5O2. The second-order valence-corrected chi connectivity index (χ2v) is 8.32. The number of ketones is 1. The van der Waals surface area contributed by atoms with Crippen molar-refractivity contribution in [2.75, 3.05) is 11.5 Å². The Balaban J connectivity index is 1.63. The molecule has 1 aliphatic heterocycles. The number of Topliss-reactive ketones (excluding diaryl/α,β-unsaturated/α-hetero) is 1. The number of benzene rings is 2. The van der Waals surface area contributed by atoms with E-state index < -0.39 is 5.92 Å². The van der Waals surface area contributed by atoms with Crippen molar-refractivity contribution < 1.29 is 9.53 Å². The largest absolute Gasteiger partial charge is 0.494 e. The first-order valence-corrected chi connectivity index (χ1v) is 11.4. The molecule has 170 valence electrons. The minimum Gasteiger partial charge on any atom is -0.494 e. The Morgan fingerprint density at radius 2 is 1.94 bits per heavy atom. The molecule has 3 aromatic rings. The molecule has 1 aromatic heterocycles. The van der Waals surface area contributed by atoms with Crippen molar-refractivity contribution in [3.63, 3.8) is 0 Å². The van der Waals surface area contributed by atoms with Gasteiger partial charge < -0.3 is 10.5 Å². The van der Waals surface area contributed by atoms with Crippen LogP contribution >= 0.6 is 0 Å². The van der Waals surface area contributed by atoms with Gasteiger partial charge in [0.25, 0.3) is 0 Å². The highest BCUT2D eigenvalue weighted by Gasteiger charge is 2.40. The van der Waals surface area contributed by atoms with Crippen molar-refractivity contribution in [1.29, 1.82) is 5.26 Å². The van der Waals surface area contributed by atoms with E-state index in [-0.39, 0.29) is 5.78 Å². The van der Waals surface area contributed by atoms with E-state index in [0.717, 1.165) is 34.7 Å². The third kappa shape index (κ3) is 3.63. The number of aromatic nitrogens is 2. The van der Waals surface area contributed by atoms with Gasteiger partial charge in [0.1, 0.15) is 11.6 Å². The number of anilines is 1. The van der Waals surface area contributed by atoms with E-state index in [4.69, 9.17) is 10.5 Å². The standard InChI is InChI=1S/C27H25N5O2/c1-2-34-19-13-11-18(12-14-19)25-20(16-28)27(29)32(22-9-6-10-23(33)26(22)25)24-15-21(30-31-24)17-7-4-3-5-8-17/h3-5,7-8,11-15,25H,2,6,9-10,29H2,1H3,(H,30,31). The van der Waals surface area contributed by atoms with Crippen molar-refractivity contribution in [3.8, 4) is 23.1 Å². The second kappa shape index (κ2) is 8.91. The maximum atomic E-state index is 13.2. The van der Waals surface area contributed by atoms with Crippen LogP contribution < -0.4 is 15.4 Å². The zero-order valence-corrected chi connectivity index (χ0v) is 18.9. The summed E-state index contributed by atoms with van der Waals surface area (Å²) < 4.78 is 5.56. The predicted octanol–water partition coefficient (Wildman–Crippen LogP) is 4.78. The van der Waals surface area contributed by atoms with E-state index in [1.807, 2.05) is 67.6 Å². The summed E-state index contributed by atoms with van der Waals surface area (Å²) in [6.07, 6.45) is 1.87. The van der Waals surface area contributed by atoms with Gasteiger partial charge in [-0.1, -0.05) is 42.5 Å². The van der Waals surface area contributed by atoms with Gasteiger partial charge in [0.15, 0.2) is 11.6 Å². The normalized spacial score (nSPS) is 18.1. The average molecular weight is 452 g/mol. The topological polar surface area (TPSA) is 108 Å². The first kappa shape index (κ1) is 21.5. The second-order valence-electron chi connectivity index (χ2n) is 8.32. The lowest BCUT2D eigenvalue weighted by Gasteiger charge is -2.38. The molecule has 0 spiro atoms. The molecule has 2 aliphatic rings. The number of allylic oxidation sites excluding steroid dienone is 3. The van der Waals surface area contributed by atoms with Gasteiger partial charge in [0.05, 0.1) is 29.9 Å². The van der Waals surface area contributed by atoms with Gasteiger partial charge in [-0.3, -0.25) is 14.8 Å². The highest BCUT2D eigenvalue weighted by molar-refractivity contribution is 6.01. The van der Waals surface area contributed by atoms with E-state index in [1.54, 1.807) is 4.90 Å². The summed E-state index contributed by atoms with van der Waals surface area (Å²) in [5.74, 6) is 1.15. The lowest BCUT2D eigenvalue weighted by atomic mass is 9.75. The summed E-state index contributed by atoms with van der Waals surface area (Å²) in [5, 5.41) is 17.7. The molecule has 3 N–H and O–H groups in total. The number of nitrogens with one attached hydrogen (secondary N) is 1. The number of nitriles is 1. The molecule has 0 fully saturated rings. The maximum absolute atomic E-state index is 13.2. The Labute approximate surface area is 198 Å². The molecule has 0 saturated heterocycles. The number of hydrogen-bond donors (Lipinski definition) is 2. The van der Waals surface area contributed by atoms with Crippen molar-refractivity contribution in [1.82, 2.24) is 10.2 Å². The SMILES string of the molecule is CCOc1ccc(C2C(C#N)=C(N)N(c3cc(-c4ccccc4)[nH]n3)C3=C2C(=O)CCC3)cc1. The van der Waals surface area contributed by atoms with Crippen LogP contribution in [-0.2, 0) is 4.79 Å². The van der Waals surface area contributed by atoms with Crippen molar-refractivity contribution >= 4 is 11.6 Å². The summed E-state index contributed by atoms with van der Waals surface area (Å²) >= 11 is 0. The van der Waals surface area contributed by atoms with E-state index >= 15 is 0 Å². The molecule has 7 nitrogen and oxygen atoms in total. The number of rotatable bonds is 5. The van der Waals surface area contributed by atoms with Crippen LogP contribution in [0.3, 0.4) is 0 Å². The number of carbonyl (C=O) groups is 1. The lowest BCUT2D eigenvalue weighted by Crippen LogP contribution is -2.38. The smallest absolute Gasteiger partial charge is 0.161 e. The number of aromatic amines is 1. The highest BCUT2D eigenvalue weighted by Crippen LogP contribution is 2.46. The number of hydrogen-bond acceptors (Lipinski definition) is 6. The fraction of sp³-hybridized carbons (Fsp3) is 0.222. The number of ether oxygens (including phenoxy) is 1. The summed E-state index contributed by atoms with van der Waals surface area (Å²) in [4.78, 5) is 15.0. The molecule has 0 saturated carbocycles. The van der Waals surface area contributed by atoms with E-state index in [1.165, 1.54) is 0 Å². The molecule has 2 heterocycles.